The molecule has 0 aromatic heterocycles. The van der Waals surface area contributed by atoms with Crippen LogP contribution in [0.5, 0.6) is 0 Å². The number of ether oxygens (including phenoxy) is 1. The van der Waals surface area contributed by atoms with E-state index in [0.29, 0.717) is 11.5 Å². The van der Waals surface area contributed by atoms with Crippen molar-refractivity contribution < 1.29 is 14.6 Å². The largest absolute Gasteiger partial charge is 0.481 e. The molecule has 6 heteroatoms. The Bertz CT molecular complexity index is 300. The van der Waals surface area contributed by atoms with Gasteiger partial charge in [-0.1, -0.05) is 0 Å². The summed E-state index contributed by atoms with van der Waals surface area (Å²) in [6.07, 6.45) is 5.10. The van der Waals surface area contributed by atoms with Gasteiger partial charge in [-0.15, -0.1) is 0 Å². The summed E-state index contributed by atoms with van der Waals surface area (Å²) >= 11 is 0. The highest BCUT2D eigenvalue weighted by Crippen LogP contribution is 2.40. The Morgan fingerprint density at radius 3 is 2.21 bits per heavy atom. The van der Waals surface area contributed by atoms with Crippen LogP contribution in [0.4, 0.5) is 0 Å². The fraction of sp³-hybridized carbons (Fsp3) is 0.923. The maximum Gasteiger partial charge on any atom is 0.300 e. The monoisotopic (exact) mass is 271 g/mol. The first-order valence-electron chi connectivity index (χ1n) is 7.02. The van der Waals surface area contributed by atoms with Crippen LogP contribution in [-0.2, 0) is 9.53 Å². The summed E-state index contributed by atoms with van der Waals surface area (Å²) in [5, 5.41) is 7.42. The van der Waals surface area contributed by atoms with Crippen molar-refractivity contribution >= 4 is 5.97 Å². The lowest BCUT2D eigenvalue weighted by Crippen LogP contribution is -2.68. The summed E-state index contributed by atoms with van der Waals surface area (Å²) in [4.78, 5) is 11.6. The highest BCUT2D eigenvalue weighted by atomic mass is 16.5. The molecule has 1 saturated carbocycles. The van der Waals surface area contributed by atoms with Crippen LogP contribution in [0.1, 0.15) is 32.6 Å². The molecule has 0 aromatic rings. The quantitative estimate of drug-likeness (QED) is 0.491. The van der Waals surface area contributed by atoms with E-state index in [-0.39, 0.29) is 0 Å². The van der Waals surface area contributed by atoms with Crippen molar-refractivity contribution in [2.24, 2.45) is 11.3 Å². The van der Waals surface area contributed by atoms with Crippen LogP contribution >= 0.6 is 0 Å². The number of carboxylic acid groups (broad SMARTS) is 1. The van der Waals surface area contributed by atoms with Crippen LogP contribution in [0, 0.1) is 5.41 Å². The molecule has 6 nitrogen and oxygen atoms in total. The van der Waals surface area contributed by atoms with E-state index in [2.05, 4.69) is 10.3 Å². The van der Waals surface area contributed by atoms with E-state index in [1.165, 1.54) is 38.8 Å². The molecule has 1 aliphatic carbocycles. The second-order valence-electron chi connectivity index (χ2n) is 6.09. The number of hydrogen-bond donors (Lipinski definition) is 3. The third-order valence-electron chi connectivity index (χ3n) is 4.34. The number of likely N-dealkylation sites (tertiary alicyclic amines) is 1. The molecule has 0 atom stereocenters. The number of carboxylic acids is 1. The molecule has 3 fully saturated rings. The van der Waals surface area contributed by atoms with E-state index in [1.54, 1.807) is 0 Å². The highest BCUT2D eigenvalue weighted by Gasteiger charge is 2.50. The summed E-state index contributed by atoms with van der Waals surface area (Å²) in [5.74, 6) is 4.63. The molecule has 4 N–H and O–H groups in total. The second-order valence-corrected chi connectivity index (χ2v) is 6.09. The topological polar surface area (TPSA) is 87.8 Å². The molecule has 19 heavy (non-hydrogen) atoms. The first-order valence-corrected chi connectivity index (χ1v) is 7.02. The minimum Gasteiger partial charge on any atom is -0.481 e. The predicted molar refractivity (Wildman–Crippen MR) is 71.5 cm³/mol. The van der Waals surface area contributed by atoms with Gasteiger partial charge in [0.25, 0.3) is 5.97 Å². The standard InChI is InChI=1S/C11H21N3O.C2H4O2/c12-13-9-1-3-10(4-2-9)14-5-11(6-14)7-15-8-11;1-2(3)4/h9-10,13H,1-8,12H2;1H3,(H,3,4). The highest BCUT2D eigenvalue weighted by molar-refractivity contribution is 5.62. The average Bonchev–Trinajstić information content (AvgIpc) is 2.25. The fourth-order valence-corrected chi connectivity index (χ4v) is 3.25. The number of hydrazine groups is 1. The molecular formula is C13H25N3O3. The molecule has 2 aliphatic heterocycles. The molecular weight excluding hydrogens is 246 g/mol. The number of rotatable bonds is 2. The molecule has 0 amide bonds. The molecule has 2 saturated heterocycles. The lowest BCUT2D eigenvalue weighted by Gasteiger charge is -2.58. The average molecular weight is 271 g/mol. The van der Waals surface area contributed by atoms with Crippen LogP contribution in [0.3, 0.4) is 0 Å². The summed E-state index contributed by atoms with van der Waals surface area (Å²) in [7, 11) is 0. The zero-order valence-electron chi connectivity index (χ0n) is 11.6. The zero-order chi connectivity index (χ0) is 13.9. The van der Waals surface area contributed by atoms with Crippen molar-refractivity contribution in [3.05, 3.63) is 0 Å². The molecule has 0 aromatic carbocycles. The van der Waals surface area contributed by atoms with E-state index in [1.807, 2.05) is 0 Å². The normalized spacial score (nSPS) is 32.7. The maximum atomic E-state index is 9.00. The maximum absolute atomic E-state index is 9.00. The molecule has 0 radical (unpaired) electrons. The van der Waals surface area contributed by atoms with Gasteiger partial charge in [0, 0.05) is 37.5 Å². The van der Waals surface area contributed by atoms with Crippen LogP contribution in [0.15, 0.2) is 0 Å². The van der Waals surface area contributed by atoms with E-state index < -0.39 is 5.97 Å². The Morgan fingerprint density at radius 1 is 1.32 bits per heavy atom. The van der Waals surface area contributed by atoms with Gasteiger partial charge in [-0.05, 0) is 25.7 Å². The predicted octanol–water partition coefficient (Wildman–Crippen LogP) is 0.184. The molecule has 1 spiro atoms. The van der Waals surface area contributed by atoms with Crippen LogP contribution in [0.2, 0.25) is 0 Å². The van der Waals surface area contributed by atoms with Gasteiger partial charge in [-0.2, -0.15) is 0 Å². The summed E-state index contributed by atoms with van der Waals surface area (Å²) in [5.41, 5.74) is 3.47. The van der Waals surface area contributed by atoms with E-state index in [0.717, 1.165) is 26.2 Å². The first kappa shape index (κ1) is 14.7. The van der Waals surface area contributed by atoms with E-state index >= 15 is 0 Å². The van der Waals surface area contributed by atoms with Crippen molar-refractivity contribution in [2.45, 2.75) is 44.7 Å². The Hall–Kier alpha value is -0.690. The van der Waals surface area contributed by atoms with Crippen LogP contribution < -0.4 is 11.3 Å². The number of nitrogens with two attached hydrogens (primary N) is 1. The van der Waals surface area contributed by atoms with E-state index in [9.17, 15) is 0 Å². The van der Waals surface area contributed by atoms with Crippen LogP contribution in [0.25, 0.3) is 0 Å². The van der Waals surface area contributed by atoms with Gasteiger partial charge in [-0.25, -0.2) is 0 Å². The first-order chi connectivity index (χ1) is 9.04. The summed E-state index contributed by atoms with van der Waals surface area (Å²) in [6.45, 7) is 5.64. The Labute approximate surface area is 114 Å². The number of aliphatic carboxylic acids is 1. The zero-order valence-corrected chi connectivity index (χ0v) is 11.6. The number of hydrogen-bond acceptors (Lipinski definition) is 5. The number of nitrogens with one attached hydrogen (secondary N) is 1. The Kier molecular flexibility index (Phi) is 4.78. The molecule has 2 heterocycles. The van der Waals surface area contributed by atoms with Gasteiger partial charge in [0.15, 0.2) is 0 Å². The molecule has 0 unspecified atom stereocenters. The minimum absolute atomic E-state index is 0.559. The summed E-state index contributed by atoms with van der Waals surface area (Å²) < 4.78 is 5.30. The van der Waals surface area contributed by atoms with Crippen molar-refractivity contribution in [3.8, 4) is 0 Å². The second kappa shape index (κ2) is 6.17. The number of carbonyl (C=O) groups is 1. The van der Waals surface area contributed by atoms with Gasteiger partial charge in [-0.3, -0.25) is 21.0 Å². The van der Waals surface area contributed by atoms with Gasteiger partial charge in [0.1, 0.15) is 0 Å². The van der Waals surface area contributed by atoms with Gasteiger partial charge in [0.05, 0.1) is 13.2 Å². The van der Waals surface area contributed by atoms with Crippen molar-refractivity contribution in [1.82, 2.24) is 10.3 Å². The van der Waals surface area contributed by atoms with Crippen molar-refractivity contribution in [1.29, 1.82) is 0 Å². The SMILES string of the molecule is CC(=O)O.NNC1CCC(N2CC3(COC3)C2)CC1. The van der Waals surface area contributed by atoms with Gasteiger partial charge < -0.3 is 9.84 Å². The van der Waals surface area contributed by atoms with Gasteiger partial charge in [0.2, 0.25) is 0 Å². The lowest BCUT2D eigenvalue weighted by atomic mass is 9.75. The summed E-state index contributed by atoms with van der Waals surface area (Å²) in [6, 6.07) is 1.38. The third kappa shape index (κ3) is 3.66. The van der Waals surface area contributed by atoms with E-state index in [4.69, 9.17) is 20.5 Å². The Balaban J connectivity index is 0.000000297. The Morgan fingerprint density at radius 2 is 1.84 bits per heavy atom. The third-order valence-corrected chi connectivity index (χ3v) is 4.34. The smallest absolute Gasteiger partial charge is 0.300 e. The fourth-order valence-electron chi connectivity index (χ4n) is 3.25. The van der Waals surface area contributed by atoms with Crippen molar-refractivity contribution in [3.63, 3.8) is 0 Å². The van der Waals surface area contributed by atoms with Crippen molar-refractivity contribution in [2.75, 3.05) is 26.3 Å². The molecule has 3 rings (SSSR count). The lowest BCUT2D eigenvalue weighted by molar-refractivity contribution is -0.200. The minimum atomic E-state index is -0.833. The molecule has 3 aliphatic rings. The van der Waals surface area contributed by atoms with Gasteiger partial charge >= 0.3 is 0 Å². The van der Waals surface area contributed by atoms with Crippen LogP contribution in [-0.4, -0.2) is 54.4 Å². The molecule has 110 valence electrons. The molecule has 0 bridgehead atoms. The number of nitrogens with zero attached hydrogens (tertiary/aromatic N) is 1.